The van der Waals surface area contributed by atoms with Crippen LogP contribution in [0.2, 0.25) is 0 Å². The highest BCUT2D eigenvalue weighted by molar-refractivity contribution is 5.49. The van der Waals surface area contributed by atoms with Crippen molar-refractivity contribution in [2.75, 3.05) is 6.61 Å². The van der Waals surface area contributed by atoms with Crippen LogP contribution < -0.4 is 4.74 Å². The first-order valence-electron chi connectivity index (χ1n) is 6.83. The van der Waals surface area contributed by atoms with Gasteiger partial charge >= 0.3 is 0 Å². The van der Waals surface area contributed by atoms with Crippen molar-refractivity contribution in [3.05, 3.63) is 65.0 Å². The summed E-state index contributed by atoms with van der Waals surface area (Å²) in [7, 11) is 0. The highest BCUT2D eigenvalue weighted by Gasteiger charge is 2.33. The molecule has 1 aliphatic heterocycles. The predicted octanol–water partition coefficient (Wildman–Crippen LogP) is 3.41. The van der Waals surface area contributed by atoms with Crippen LogP contribution in [0.15, 0.2) is 42.5 Å². The van der Waals surface area contributed by atoms with Crippen molar-refractivity contribution in [3.8, 4) is 5.75 Å². The second-order valence-electron chi connectivity index (χ2n) is 5.30. The Labute approximate surface area is 117 Å². The van der Waals surface area contributed by atoms with Gasteiger partial charge in [0.1, 0.15) is 17.2 Å². The van der Waals surface area contributed by atoms with E-state index in [1.54, 1.807) is 31.2 Å². The summed E-state index contributed by atoms with van der Waals surface area (Å²) in [6, 6.07) is 12.0. The normalized spacial score (nSPS) is 16.9. The molecule has 0 saturated carbocycles. The molecule has 2 aromatic carbocycles. The maximum Gasteiger partial charge on any atom is 0.129 e. The predicted molar refractivity (Wildman–Crippen MR) is 75.3 cm³/mol. The minimum atomic E-state index is -1.41. The number of rotatable bonds is 2. The minimum Gasteiger partial charge on any atom is -0.493 e. The van der Waals surface area contributed by atoms with Gasteiger partial charge in [0.05, 0.1) is 6.61 Å². The lowest BCUT2D eigenvalue weighted by Gasteiger charge is -2.30. The number of ether oxygens (including phenoxy) is 1. The molecule has 1 aliphatic rings. The molecule has 0 amide bonds. The number of aliphatic hydroxyl groups is 1. The van der Waals surface area contributed by atoms with Crippen molar-refractivity contribution < 1.29 is 14.2 Å². The van der Waals surface area contributed by atoms with Crippen molar-refractivity contribution in [1.29, 1.82) is 0 Å². The number of fused-ring (bicyclic) bond motifs is 1. The van der Waals surface area contributed by atoms with Crippen molar-refractivity contribution in [1.82, 2.24) is 0 Å². The van der Waals surface area contributed by atoms with E-state index < -0.39 is 11.4 Å². The number of benzene rings is 2. The van der Waals surface area contributed by atoms with Crippen molar-refractivity contribution in [3.63, 3.8) is 0 Å². The molecule has 1 unspecified atom stereocenters. The van der Waals surface area contributed by atoms with E-state index in [1.165, 1.54) is 6.07 Å². The number of halogens is 1. The van der Waals surface area contributed by atoms with Crippen LogP contribution in [0.3, 0.4) is 0 Å². The third kappa shape index (κ3) is 2.08. The largest absolute Gasteiger partial charge is 0.493 e. The summed E-state index contributed by atoms with van der Waals surface area (Å²) in [5.74, 6) is 0.290. The third-order valence-electron chi connectivity index (χ3n) is 3.86. The number of hydrogen-bond donors (Lipinski definition) is 1. The van der Waals surface area contributed by atoms with Gasteiger partial charge < -0.3 is 9.84 Å². The topological polar surface area (TPSA) is 29.5 Å². The Morgan fingerprint density at radius 1 is 1.10 bits per heavy atom. The van der Waals surface area contributed by atoms with Gasteiger partial charge in [0.25, 0.3) is 0 Å². The van der Waals surface area contributed by atoms with E-state index in [2.05, 4.69) is 0 Å². The first-order chi connectivity index (χ1) is 9.60. The molecule has 1 heterocycles. The monoisotopic (exact) mass is 272 g/mol. The van der Waals surface area contributed by atoms with Crippen molar-refractivity contribution in [2.24, 2.45) is 0 Å². The summed E-state index contributed by atoms with van der Waals surface area (Å²) in [4.78, 5) is 0. The summed E-state index contributed by atoms with van der Waals surface area (Å²) < 4.78 is 19.7. The van der Waals surface area contributed by atoms with E-state index in [1.807, 2.05) is 12.1 Å². The number of aryl methyl sites for hydroxylation is 1. The summed E-state index contributed by atoms with van der Waals surface area (Å²) in [6.07, 6.45) is 1.90. The zero-order valence-electron chi connectivity index (χ0n) is 11.4. The first-order valence-corrected chi connectivity index (χ1v) is 6.83. The highest BCUT2D eigenvalue weighted by Crippen LogP contribution is 2.39. The Balaban J connectivity index is 2.15. The van der Waals surface area contributed by atoms with Gasteiger partial charge in [-0.1, -0.05) is 36.4 Å². The van der Waals surface area contributed by atoms with E-state index in [0.717, 1.165) is 18.4 Å². The molecule has 0 saturated heterocycles. The van der Waals surface area contributed by atoms with E-state index in [0.29, 0.717) is 17.9 Å². The fraction of sp³-hybridized carbons (Fsp3) is 0.294. The van der Waals surface area contributed by atoms with Gasteiger partial charge in [-0.15, -0.1) is 0 Å². The standard InChI is InChI=1S/C17H17FO2/c1-17(19,13-8-2-3-10-15(13)18)14-9-4-6-12-7-5-11-20-16(12)14/h2-4,6,8-10,19H,5,7,11H2,1H3. The molecular formula is C17H17FO2. The highest BCUT2D eigenvalue weighted by atomic mass is 19.1. The fourth-order valence-corrected chi connectivity index (χ4v) is 2.77. The van der Waals surface area contributed by atoms with E-state index in [4.69, 9.17) is 4.74 Å². The Hall–Kier alpha value is -1.87. The lowest BCUT2D eigenvalue weighted by atomic mass is 9.85. The quantitative estimate of drug-likeness (QED) is 0.908. The SMILES string of the molecule is CC(O)(c1ccccc1F)c1cccc2c1OCCC2. The molecule has 2 nitrogen and oxygen atoms in total. The lowest BCUT2D eigenvalue weighted by Crippen LogP contribution is -2.26. The zero-order valence-corrected chi connectivity index (χ0v) is 11.4. The molecule has 20 heavy (non-hydrogen) atoms. The van der Waals surface area contributed by atoms with Crippen molar-refractivity contribution >= 4 is 0 Å². The minimum absolute atomic E-state index is 0.266. The molecule has 0 radical (unpaired) electrons. The van der Waals surface area contributed by atoms with Gasteiger partial charge in [-0.25, -0.2) is 4.39 Å². The maximum absolute atomic E-state index is 14.0. The van der Waals surface area contributed by atoms with Gasteiger partial charge in [0, 0.05) is 11.1 Å². The van der Waals surface area contributed by atoms with E-state index >= 15 is 0 Å². The van der Waals surface area contributed by atoms with Gasteiger partial charge in [-0.2, -0.15) is 0 Å². The average molecular weight is 272 g/mol. The second kappa shape index (κ2) is 4.91. The molecule has 0 spiro atoms. The zero-order chi connectivity index (χ0) is 14.2. The lowest BCUT2D eigenvalue weighted by molar-refractivity contribution is 0.0927. The summed E-state index contributed by atoms with van der Waals surface area (Å²) >= 11 is 0. The molecular weight excluding hydrogens is 255 g/mol. The van der Waals surface area contributed by atoms with Crippen LogP contribution in [-0.4, -0.2) is 11.7 Å². The van der Waals surface area contributed by atoms with Crippen molar-refractivity contribution in [2.45, 2.75) is 25.4 Å². The molecule has 1 atom stereocenters. The van der Waals surface area contributed by atoms with Crippen LogP contribution in [0.1, 0.15) is 30.0 Å². The molecule has 3 rings (SSSR count). The average Bonchev–Trinajstić information content (AvgIpc) is 2.47. The summed E-state index contributed by atoms with van der Waals surface area (Å²) in [5.41, 5.74) is 0.557. The molecule has 0 bridgehead atoms. The molecule has 104 valence electrons. The smallest absolute Gasteiger partial charge is 0.129 e. The van der Waals surface area contributed by atoms with E-state index in [-0.39, 0.29) is 5.56 Å². The maximum atomic E-state index is 14.0. The Morgan fingerprint density at radius 2 is 1.85 bits per heavy atom. The van der Waals surface area contributed by atoms with Crippen LogP contribution in [0.5, 0.6) is 5.75 Å². The molecule has 0 fully saturated rings. The first kappa shape index (κ1) is 13.1. The van der Waals surface area contributed by atoms with Gasteiger partial charge in [-0.3, -0.25) is 0 Å². The Kier molecular flexibility index (Phi) is 3.22. The fourth-order valence-electron chi connectivity index (χ4n) is 2.77. The number of para-hydroxylation sites is 1. The van der Waals surface area contributed by atoms with Gasteiger partial charge in [0.15, 0.2) is 0 Å². The van der Waals surface area contributed by atoms with Crippen LogP contribution in [-0.2, 0) is 12.0 Å². The Bertz CT molecular complexity index is 635. The van der Waals surface area contributed by atoms with Crippen LogP contribution in [0.4, 0.5) is 4.39 Å². The molecule has 1 N–H and O–H groups in total. The van der Waals surface area contributed by atoms with Gasteiger partial charge in [-0.05, 0) is 31.4 Å². The molecule has 0 aliphatic carbocycles. The molecule has 3 heteroatoms. The number of hydrogen-bond acceptors (Lipinski definition) is 2. The van der Waals surface area contributed by atoms with Crippen LogP contribution >= 0.6 is 0 Å². The van der Waals surface area contributed by atoms with Crippen LogP contribution in [0, 0.1) is 5.82 Å². The summed E-state index contributed by atoms with van der Waals surface area (Å²) in [6.45, 7) is 2.25. The van der Waals surface area contributed by atoms with Crippen LogP contribution in [0.25, 0.3) is 0 Å². The van der Waals surface area contributed by atoms with Gasteiger partial charge in [0.2, 0.25) is 0 Å². The third-order valence-corrected chi connectivity index (χ3v) is 3.86. The molecule has 0 aromatic heterocycles. The van der Waals surface area contributed by atoms with E-state index in [9.17, 15) is 9.50 Å². The second-order valence-corrected chi connectivity index (χ2v) is 5.30. The molecule has 2 aromatic rings. The summed E-state index contributed by atoms with van der Waals surface area (Å²) in [5, 5.41) is 10.9. The Morgan fingerprint density at radius 3 is 2.65 bits per heavy atom.